The zero-order valence-corrected chi connectivity index (χ0v) is 18.3. The van der Waals surface area contributed by atoms with E-state index in [1.165, 1.54) is 18.2 Å². The van der Waals surface area contributed by atoms with Crippen molar-refractivity contribution in [1.29, 1.82) is 0 Å². The van der Waals surface area contributed by atoms with Crippen LogP contribution in [0, 0.1) is 5.82 Å². The van der Waals surface area contributed by atoms with Crippen molar-refractivity contribution in [3.63, 3.8) is 0 Å². The van der Waals surface area contributed by atoms with Gasteiger partial charge in [-0.3, -0.25) is 23.4 Å². The van der Waals surface area contributed by atoms with Crippen LogP contribution < -0.4 is 11.0 Å². The van der Waals surface area contributed by atoms with Gasteiger partial charge in [-0.05, 0) is 12.1 Å². The number of nitrogens with one attached hydrogen (secondary N) is 2. The molecule has 4 rings (SSSR count). The summed E-state index contributed by atoms with van der Waals surface area (Å²) in [4.78, 5) is 44.1. The third-order valence-electron chi connectivity index (χ3n) is 5.04. The minimum atomic E-state index is -4.36. The zero-order chi connectivity index (χ0) is 24.6. The van der Waals surface area contributed by atoms with Crippen LogP contribution >= 0.6 is 7.82 Å². The zero-order valence-electron chi connectivity index (χ0n) is 17.4. The summed E-state index contributed by atoms with van der Waals surface area (Å²) in [5, 5.41) is 23.1. The Kier molecular flexibility index (Phi) is 6.60. The maximum absolute atomic E-state index is 13.9. The number of halogens is 1. The second-order valence-electron chi connectivity index (χ2n) is 7.17. The molecule has 5 atom stereocenters. The van der Waals surface area contributed by atoms with Gasteiger partial charge in [0, 0.05) is 7.11 Å². The first kappa shape index (κ1) is 24.1. The van der Waals surface area contributed by atoms with Crippen molar-refractivity contribution in [1.82, 2.24) is 19.5 Å². The minimum absolute atomic E-state index is 0.0199. The van der Waals surface area contributed by atoms with Crippen molar-refractivity contribution in [2.45, 2.75) is 24.5 Å². The highest BCUT2D eigenvalue weighted by molar-refractivity contribution is 7.47. The molecule has 3 aromatic rings. The molecule has 14 nitrogen and oxygen atoms in total. The fraction of sp³-hybridized carbons (Fsp3) is 0.333. The number of aromatic amines is 1. The monoisotopic (exact) mass is 499 g/mol. The average molecular weight is 499 g/mol. The number of nitrogens with zero attached hydrogens (tertiary/aromatic N) is 3. The number of ether oxygens (including phenoxy) is 1. The van der Waals surface area contributed by atoms with Gasteiger partial charge in [0.2, 0.25) is 0 Å². The molecule has 1 saturated heterocycles. The largest absolute Gasteiger partial charge is 0.472 e. The standard InChI is InChI=1S/C18H19FN5O9P/c1-31-34(29,30)32-6-10-12(25)13(26)17(33-10)24-7-20-11-14(22-18(28)23-15(11)24)21-16(27)8-4-2-3-5-9(8)19/h2-5,7,10,12-13,17,25-26H,6H2,1H3,(H,29,30)(H2,21,22,23,27,28)/t10-,12-,13-,17-/m1/s1. The number of H-pyrrole nitrogens is 1. The summed E-state index contributed by atoms with van der Waals surface area (Å²) >= 11 is 0. The summed E-state index contributed by atoms with van der Waals surface area (Å²) in [6.45, 7) is -0.596. The first-order valence-corrected chi connectivity index (χ1v) is 11.2. The number of carbonyl (C=O) groups is 1. The van der Waals surface area contributed by atoms with Crippen molar-refractivity contribution in [3.05, 3.63) is 52.5 Å². The number of phosphoric ester groups is 1. The summed E-state index contributed by atoms with van der Waals surface area (Å²) in [5.41, 5.74) is -1.32. The number of amides is 1. The number of aliphatic hydroxyl groups excluding tert-OH is 2. The van der Waals surface area contributed by atoms with Crippen molar-refractivity contribution in [2.75, 3.05) is 19.0 Å². The van der Waals surface area contributed by atoms with Gasteiger partial charge < -0.3 is 25.2 Å². The molecule has 34 heavy (non-hydrogen) atoms. The Bertz CT molecular complexity index is 1330. The Hall–Kier alpha value is -3.04. The molecule has 1 aromatic carbocycles. The Balaban J connectivity index is 1.62. The van der Waals surface area contributed by atoms with E-state index < -0.39 is 56.4 Å². The molecule has 1 amide bonds. The molecule has 16 heteroatoms. The van der Waals surface area contributed by atoms with E-state index in [0.29, 0.717) is 0 Å². The van der Waals surface area contributed by atoms with Crippen LogP contribution in [0.1, 0.15) is 16.6 Å². The molecule has 0 bridgehead atoms. The van der Waals surface area contributed by atoms with Crippen LogP contribution in [-0.2, 0) is 18.3 Å². The molecule has 1 unspecified atom stereocenters. The normalized spacial score (nSPS) is 24.3. The molecule has 182 valence electrons. The van der Waals surface area contributed by atoms with E-state index in [2.05, 4.69) is 29.3 Å². The van der Waals surface area contributed by atoms with Gasteiger partial charge in [-0.1, -0.05) is 12.1 Å². The summed E-state index contributed by atoms with van der Waals surface area (Å²) in [6.07, 6.45) is -4.53. The number of phosphoric acid groups is 1. The third kappa shape index (κ3) is 4.63. The number of carbonyl (C=O) groups excluding carboxylic acids is 1. The van der Waals surface area contributed by atoms with E-state index in [4.69, 9.17) is 4.74 Å². The fourth-order valence-corrected chi connectivity index (χ4v) is 3.79. The Morgan fingerprint density at radius 2 is 2.09 bits per heavy atom. The lowest BCUT2D eigenvalue weighted by Gasteiger charge is -2.17. The summed E-state index contributed by atoms with van der Waals surface area (Å²) in [6, 6.07) is 5.22. The lowest BCUT2D eigenvalue weighted by molar-refractivity contribution is -0.0509. The second kappa shape index (κ2) is 9.31. The van der Waals surface area contributed by atoms with Crippen molar-refractivity contribution in [2.24, 2.45) is 0 Å². The second-order valence-corrected chi connectivity index (χ2v) is 8.73. The predicted octanol–water partition coefficient (Wildman–Crippen LogP) is -0.106. The van der Waals surface area contributed by atoms with E-state index in [0.717, 1.165) is 24.1 Å². The minimum Gasteiger partial charge on any atom is -0.387 e. The number of imidazole rings is 1. The highest BCUT2D eigenvalue weighted by atomic mass is 31.2. The number of hydrogen-bond acceptors (Lipinski definition) is 10. The first-order chi connectivity index (χ1) is 16.1. The van der Waals surface area contributed by atoms with E-state index >= 15 is 0 Å². The number of rotatable bonds is 7. The summed E-state index contributed by atoms with van der Waals surface area (Å²) in [7, 11) is -3.41. The van der Waals surface area contributed by atoms with Crippen molar-refractivity contribution in [3.8, 4) is 0 Å². The number of benzene rings is 1. The molecule has 0 saturated carbocycles. The molecule has 0 spiro atoms. The van der Waals surface area contributed by atoms with E-state index in [-0.39, 0.29) is 22.5 Å². The molecule has 2 aromatic heterocycles. The molecule has 5 N–H and O–H groups in total. The van der Waals surface area contributed by atoms with E-state index in [9.17, 15) is 33.7 Å². The molecule has 0 radical (unpaired) electrons. The molecule has 1 fully saturated rings. The molecular formula is C18H19FN5O9P. The molecule has 0 aliphatic carbocycles. The van der Waals surface area contributed by atoms with Gasteiger partial charge in [-0.15, -0.1) is 0 Å². The predicted molar refractivity (Wildman–Crippen MR) is 111 cm³/mol. The topological polar surface area (TPSA) is 198 Å². The van der Waals surface area contributed by atoms with Gasteiger partial charge in [0.25, 0.3) is 5.91 Å². The van der Waals surface area contributed by atoms with Crippen molar-refractivity contribution >= 4 is 30.7 Å². The highest BCUT2D eigenvalue weighted by Gasteiger charge is 2.45. The maximum Gasteiger partial charge on any atom is 0.472 e. The van der Waals surface area contributed by atoms with Crippen LogP contribution in [0.2, 0.25) is 0 Å². The van der Waals surface area contributed by atoms with Gasteiger partial charge in [-0.25, -0.2) is 18.7 Å². The van der Waals surface area contributed by atoms with Crippen LogP contribution in [0.25, 0.3) is 11.2 Å². The average Bonchev–Trinajstić information content (AvgIpc) is 3.33. The summed E-state index contributed by atoms with van der Waals surface area (Å²) in [5.74, 6) is -1.81. The van der Waals surface area contributed by atoms with Crippen LogP contribution in [0.4, 0.5) is 10.2 Å². The third-order valence-corrected chi connectivity index (χ3v) is 5.98. The molecule has 1 aliphatic rings. The highest BCUT2D eigenvalue weighted by Crippen LogP contribution is 2.43. The van der Waals surface area contributed by atoms with Gasteiger partial charge in [0.15, 0.2) is 11.9 Å². The quantitative estimate of drug-likeness (QED) is 0.272. The number of aliphatic hydroxyl groups is 2. The van der Waals surface area contributed by atoms with Crippen LogP contribution in [0.5, 0.6) is 0 Å². The smallest absolute Gasteiger partial charge is 0.387 e. The number of aromatic nitrogens is 4. The molecular weight excluding hydrogens is 480 g/mol. The molecule has 3 heterocycles. The SMILES string of the molecule is COP(=O)(O)OC[C@H]1O[C@@H](n2cnc3c(NC(=O)c4ccccc4F)[nH]c(=O)nc32)[C@H](O)[C@@H]1O. The Labute approximate surface area is 189 Å². The lowest BCUT2D eigenvalue weighted by Crippen LogP contribution is -2.33. The van der Waals surface area contributed by atoms with Gasteiger partial charge in [0.1, 0.15) is 35.5 Å². The Morgan fingerprint density at radius 3 is 2.79 bits per heavy atom. The van der Waals surface area contributed by atoms with Crippen LogP contribution in [0.15, 0.2) is 35.4 Å². The Morgan fingerprint density at radius 1 is 1.35 bits per heavy atom. The number of hydrogen-bond donors (Lipinski definition) is 5. The van der Waals surface area contributed by atoms with Gasteiger partial charge >= 0.3 is 13.5 Å². The van der Waals surface area contributed by atoms with Crippen molar-refractivity contribution < 1.29 is 42.6 Å². The number of fused-ring (bicyclic) bond motifs is 1. The summed E-state index contributed by atoms with van der Waals surface area (Å²) < 4.78 is 41.1. The molecule has 1 aliphatic heterocycles. The maximum atomic E-state index is 13.9. The lowest BCUT2D eigenvalue weighted by atomic mass is 10.1. The number of anilines is 1. The first-order valence-electron chi connectivity index (χ1n) is 9.68. The van der Waals surface area contributed by atoms with Gasteiger partial charge in [0.05, 0.1) is 18.5 Å². The van der Waals surface area contributed by atoms with Gasteiger partial charge in [-0.2, -0.15) is 4.98 Å². The van der Waals surface area contributed by atoms with Crippen LogP contribution in [0.3, 0.4) is 0 Å². The van der Waals surface area contributed by atoms with E-state index in [1.807, 2.05) is 0 Å². The van der Waals surface area contributed by atoms with Crippen LogP contribution in [-0.4, -0.2) is 72.6 Å². The fourth-order valence-electron chi connectivity index (χ4n) is 3.35. The van der Waals surface area contributed by atoms with E-state index in [1.54, 1.807) is 0 Å².